The molecule has 4 heteroatoms. The van der Waals surface area contributed by atoms with Gasteiger partial charge in [0.25, 0.3) is 0 Å². The number of rotatable bonds is 6. The topological polar surface area (TPSA) is 56.3 Å². The van der Waals surface area contributed by atoms with Crippen LogP contribution in [-0.2, 0) is 0 Å². The molecular weight excluding hydrogens is 224 g/mol. The third kappa shape index (κ3) is 5.34. The van der Waals surface area contributed by atoms with E-state index in [1.807, 2.05) is 6.92 Å². The van der Waals surface area contributed by atoms with E-state index in [0.29, 0.717) is 0 Å². The van der Waals surface area contributed by atoms with Gasteiger partial charge in [-0.1, -0.05) is 0 Å². The lowest BCUT2D eigenvalue weighted by molar-refractivity contribution is 0.142. The van der Waals surface area contributed by atoms with Gasteiger partial charge in [0.05, 0.1) is 6.07 Å². The Hall–Kier alpha value is -0.630. The highest BCUT2D eigenvalue weighted by Crippen LogP contribution is 2.15. The molecule has 0 radical (unpaired) electrons. The van der Waals surface area contributed by atoms with Gasteiger partial charge in [0, 0.05) is 6.04 Å². The van der Waals surface area contributed by atoms with Gasteiger partial charge in [-0.25, -0.2) is 0 Å². The molecule has 1 heterocycles. The molecule has 0 aromatic heterocycles. The number of hydrogen-bond acceptors (Lipinski definition) is 4. The number of unbranched alkanes of at least 4 members (excludes halogenated alkanes) is 1. The summed E-state index contributed by atoms with van der Waals surface area (Å²) in [4.78, 5) is 4.88. The van der Waals surface area contributed by atoms with Crippen LogP contribution in [0.3, 0.4) is 0 Å². The predicted octanol–water partition coefficient (Wildman–Crippen LogP) is 1.42. The van der Waals surface area contributed by atoms with Crippen molar-refractivity contribution in [2.75, 3.05) is 33.7 Å². The molecule has 0 bridgehead atoms. The van der Waals surface area contributed by atoms with Gasteiger partial charge >= 0.3 is 0 Å². The molecule has 0 aromatic carbocycles. The Balaban J connectivity index is 2.14. The SMILES string of the molecule is CN1CCC(N(C)CCCCC(C)(N)C#N)CC1. The Morgan fingerprint density at radius 2 is 2.00 bits per heavy atom. The fourth-order valence-electron chi connectivity index (χ4n) is 2.53. The molecule has 1 fully saturated rings. The van der Waals surface area contributed by atoms with Crippen LogP contribution in [-0.4, -0.2) is 55.1 Å². The van der Waals surface area contributed by atoms with Crippen molar-refractivity contribution in [1.82, 2.24) is 9.80 Å². The first kappa shape index (κ1) is 15.4. The van der Waals surface area contributed by atoms with Crippen LogP contribution in [0.2, 0.25) is 0 Å². The number of nitriles is 1. The normalized spacial score (nSPS) is 21.8. The zero-order chi connectivity index (χ0) is 13.6. The molecule has 4 nitrogen and oxygen atoms in total. The maximum atomic E-state index is 8.84. The summed E-state index contributed by atoms with van der Waals surface area (Å²) in [5.41, 5.74) is 5.16. The highest BCUT2D eigenvalue weighted by Gasteiger charge is 2.20. The van der Waals surface area contributed by atoms with Crippen LogP contribution in [0.4, 0.5) is 0 Å². The van der Waals surface area contributed by atoms with E-state index in [0.717, 1.165) is 31.8 Å². The van der Waals surface area contributed by atoms with Gasteiger partial charge in [0.15, 0.2) is 0 Å². The van der Waals surface area contributed by atoms with E-state index in [4.69, 9.17) is 11.0 Å². The molecule has 104 valence electrons. The van der Waals surface area contributed by atoms with Crippen LogP contribution in [0.25, 0.3) is 0 Å². The first-order valence-corrected chi connectivity index (χ1v) is 7.03. The second-order valence-corrected chi connectivity index (χ2v) is 6.00. The highest BCUT2D eigenvalue weighted by atomic mass is 15.2. The number of likely N-dealkylation sites (tertiary alicyclic amines) is 1. The summed E-state index contributed by atoms with van der Waals surface area (Å²) in [6.07, 6.45) is 5.53. The van der Waals surface area contributed by atoms with Gasteiger partial charge in [-0.2, -0.15) is 5.26 Å². The number of hydrogen-bond donors (Lipinski definition) is 1. The van der Waals surface area contributed by atoms with Crippen molar-refractivity contribution in [3.05, 3.63) is 0 Å². The first-order valence-electron chi connectivity index (χ1n) is 7.03. The van der Waals surface area contributed by atoms with Gasteiger partial charge in [-0.3, -0.25) is 0 Å². The maximum absolute atomic E-state index is 8.84. The number of piperidine rings is 1. The Morgan fingerprint density at radius 3 is 2.56 bits per heavy atom. The standard InChI is InChI=1S/C14H28N4/c1-14(16,12-15)8-4-5-9-18(3)13-6-10-17(2)11-7-13/h13H,4-11,16H2,1-3H3. The molecule has 18 heavy (non-hydrogen) atoms. The molecule has 0 amide bonds. The molecule has 1 aliphatic rings. The van der Waals surface area contributed by atoms with E-state index in [1.54, 1.807) is 0 Å². The molecular formula is C14H28N4. The summed E-state index contributed by atoms with van der Waals surface area (Å²) in [6.45, 7) is 5.36. The first-order chi connectivity index (χ1) is 8.44. The molecule has 0 saturated carbocycles. The molecule has 1 unspecified atom stereocenters. The van der Waals surface area contributed by atoms with E-state index < -0.39 is 5.54 Å². The van der Waals surface area contributed by atoms with Gasteiger partial charge in [0.2, 0.25) is 0 Å². The second-order valence-electron chi connectivity index (χ2n) is 6.00. The molecule has 1 atom stereocenters. The molecule has 0 aliphatic carbocycles. The molecule has 1 aliphatic heterocycles. The Morgan fingerprint density at radius 1 is 1.39 bits per heavy atom. The smallest absolute Gasteiger partial charge is 0.101 e. The molecule has 0 spiro atoms. The van der Waals surface area contributed by atoms with Crippen molar-refractivity contribution < 1.29 is 0 Å². The van der Waals surface area contributed by atoms with Gasteiger partial charge in [-0.15, -0.1) is 0 Å². The fraction of sp³-hybridized carbons (Fsp3) is 0.929. The molecule has 1 rings (SSSR count). The third-order valence-electron chi connectivity index (χ3n) is 4.02. The minimum atomic E-state index is -0.647. The summed E-state index contributed by atoms with van der Waals surface area (Å²) in [5.74, 6) is 0. The fourth-order valence-corrected chi connectivity index (χ4v) is 2.53. The monoisotopic (exact) mass is 252 g/mol. The van der Waals surface area contributed by atoms with E-state index in [2.05, 4.69) is 30.0 Å². The van der Waals surface area contributed by atoms with E-state index >= 15 is 0 Å². The summed E-state index contributed by atoms with van der Waals surface area (Å²) < 4.78 is 0. The van der Waals surface area contributed by atoms with E-state index in [-0.39, 0.29) is 0 Å². The molecule has 2 N–H and O–H groups in total. The van der Waals surface area contributed by atoms with Crippen molar-refractivity contribution in [3.8, 4) is 6.07 Å². The lowest BCUT2D eigenvalue weighted by atomic mass is 9.97. The van der Waals surface area contributed by atoms with Gasteiger partial charge < -0.3 is 15.5 Å². The van der Waals surface area contributed by atoms with Crippen LogP contribution in [0.15, 0.2) is 0 Å². The average molecular weight is 252 g/mol. The van der Waals surface area contributed by atoms with Crippen LogP contribution in [0, 0.1) is 11.3 Å². The van der Waals surface area contributed by atoms with Crippen LogP contribution in [0.1, 0.15) is 39.0 Å². The van der Waals surface area contributed by atoms with Crippen molar-refractivity contribution in [2.24, 2.45) is 5.73 Å². The van der Waals surface area contributed by atoms with E-state index in [9.17, 15) is 0 Å². The highest BCUT2D eigenvalue weighted by molar-refractivity contribution is 5.00. The Kier molecular flexibility index (Phi) is 6.07. The summed E-state index contributed by atoms with van der Waals surface area (Å²) in [6, 6.07) is 2.89. The second kappa shape index (κ2) is 7.08. The van der Waals surface area contributed by atoms with Gasteiger partial charge in [0.1, 0.15) is 5.54 Å². The van der Waals surface area contributed by atoms with Crippen molar-refractivity contribution in [1.29, 1.82) is 5.26 Å². The zero-order valence-electron chi connectivity index (χ0n) is 12.2. The minimum absolute atomic E-state index is 0.647. The predicted molar refractivity (Wildman–Crippen MR) is 75.2 cm³/mol. The lowest BCUT2D eigenvalue weighted by Gasteiger charge is -2.35. The molecule has 0 aromatic rings. The van der Waals surface area contributed by atoms with Crippen molar-refractivity contribution in [2.45, 2.75) is 50.6 Å². The Labute approximate surface area is 112 Å². The summed E-state index contributed by atoms with van der Waals surface area (Å²) in [5, 5.41) is 8.84. The van der Waals surface area contributed by atoms with Crippen molar-refractivity contribution in [3.63, 3.8) is 0 Å². The van der Waals surface area contributed by atoms with Crippen LogP contribution in [0.5, 0.6) is 0 Å². The van der Waals surface area contributed by atoms with E-state index in [1.165, 1.54) is 25.9 Å². The van der Waals surface area contributed by atoms with Crippen LogP contribution >= 0.6 is 0 Å². The van der Waals surface area contributed by atoms with Gasteiger partial charge in [-0.05, 0) is 72.8 Å². The average Bonchev–Trinajstić information content (AvgIpc) is 2.35. The van der Waals surface area contributed by atoms with Crippen LogP contribution < -0.4 is 5.73 Å². The third-order valence-corrected chi connectivity index (χ3v) is 4.02. The Bertz CT molecular complexity index is 274. The number of nitrogens with two attached hydrogens (primary N) is 1. The summed E-state index contributed by atoms with van der Waals surface area (Å²) in [7, 11) is 4.42. The quantitative estimate of drug-likeness (QED) is 0.727. The zero-order valence-corrected chi connectivity index (χ0v) is 12.2. The minimum Gasteiger partial charge on any atom is -0.314 e. The molecule has 1 saturated heterocycles. The number of nitrogens with zero attached hydrogens (tertiary/aromatic N) is 3. The summed E-state index contributed by atoms with van der Waals surface area (Å²) >= 11 is 0. The maximum Gasteiger partial charge on any atom is 0.101 e. The largest absolute Gasteiger partial charge is 0.314 e. The van der Waals surface area contributed by atoms with Crippen molar-refractivity contribution >= 4 is 0 Å². The lowest BCUT2D eigenvalue weighted by Crippen LogP contribution is -2.42.